The van der Waals surface area contributed by atoms with E-state index in [0.29, 0.717) is 23.5 Å². The van der Waals surface area contributed by atoms with Crippen molar-refractivity contribution in [2.75, 3.05) is 5.32 Å². The quantitative estimate of drug-likeness (QED) is 0.926. The molecule has 1 N–H and O–H groups in total. The van der Waals surface area contributed by atoms with E-state index < -0.39 is 9.84 Å². The lowest BCUT2D eigenvalue weighted by Gasteiger charge is -2.23. The molecule has 1 aliphatic rings. The van der Waals surface area contributed by atoms with Crippen LogP contribution in [-0.2, 0) is 31.7 Å². The first-order valence-electron chi connectivity index (χ1n) is 7.11. The Morgan fingerprint density at radius 3 is 2.48 bits per heavy atom. The van der Waals surface area contributed by atoms with E-state index >= 15 is 0 Å². The first-order chi connectivity index (χ1) is 9.49. The minimum absolute atomic E-state index is 0.0432. The van der Waals surface area contributed by atoms with Crippen molar-refractivity contribution in [3.63, 3.8) is 0 Å². The van der Waals surface area contributed by atoms with E-state index in [-0.39, 0.29) is 28.9 Å². The largest absolute Gasteiger partial charge is 0.311 e. The highest BCUT2D eigenvalue weighted by Gasteiger charge is 2.35. The van der Waals surface area contributed by atoms with E-state index in [9.17, 15) is 13.2 Å². The van der Waals surface area contributed by atoms with E-state index in [0.717, 1.165) is 0 Å². The Hall–Kier alpha value is -1.37. The maximum Gasteiger partial charge on any atom is 0.225 e. The number of amides is 1. The molecule has 7 heteroatoms. The highest BCUT2D eigenvalue weighted by molar-refractivity contribution is 7.90. The molecule has 0 bridgehead atoms. The van der Waals surface area contributed by atoms with Crippen molar-refractivity contribution in [1.29, 1.82) is 0 Å². The number of hydrogen-bond acceptors (Lipinski definition) is 4. The van der Waals surface area contributed by atoms with E-state index in [4.69, 9.17) is 0 Å². The van der Waals surface area contributed by atoms with Gasteiger partial charge in [0.15, 0.2) is 9.84 Å². The van der Waals surface area contributed by atoms with Gasteiger partial charge >= 0.3 is 0 Å². The number of nitrogens with zero attached hydrogens (tertiary/aromatic N) is 2. The SMILES string of the molecule is CC(C)CC(=O)Nc1c2c(nn1C(C)(C)C)CS(=O)(=O)C2. The number of anilines is 1. The second kappa shape index (κ2) is 5.12. The van der Waals surface area contributed by atoms with Gasteiger partial charge in [-0.3, -0.25) is 4.79 Å². The highest BCUT2D eigenvalue weighted by Crippen LogP contribution is 2.34. The molecule has 1 aromatic rings. The molecule has 1 aromatic heterocycles. The minimum Gasteiger partial charge on any atom is -0.311 e. The van der Waals surface area contributed by atoms with Crippen LogP contribution in [0.3, 0.4) is 0 Å². The van der Waals surface area contributed by atoms with Crippen LogP contribution in [0.15, 0.2) is 0 Å². The summed E-state index contributed by atoms with van der Waals surface area (Å²) in [5.74, 6) is 0.577. The summed E-state index contributed by atoms with van der Waals surface area (Å²) in [7, 11) is -3.13. The molecule has 0 aliphatic carbocycles. The van der Waals surface area contributed by atoms with Crippen LogP contribution in [0.2, 0.25) is 0 Å². The summed E-state index contributed by atoms with van der Waals surface area (Å²) < 4.78 is 25.3. The molecule has 0 fully saturated rings. The smallest absolute Gasteiger partial charge is 0.225 e. The molecule has 118 valence electrons. The van der Waals surface area contributed by atoms with Gasteiger partial charge in [-0.2, -0.15) is 5.10 Å². The lowest BCUT2D eigenvalue weighted by Crippen LogP contribution is -2.28. The van der Waals surface area contributed by atoms with Gasteiger partial charge < -0.3 is 5.32 Å². The van der Waals surface area contributed by atoms with Gasteiger partial charge in [0.2, 0.25) is 5.91 Å². The maximum atomic E-state index is 12.1. The van der Waals surface area contributed by atoms with Gasteiger partial charge in [-0.15, -0.1) is 0 Å². The Labute approximate surface area is 125 Å². The van der Waals surface area contributed by atoms with Crippen molar-refractivity contribution in [1.82, 2.24) is 9.78 Å². The van der Waals surface area contributed by atoms with Crippen LogP contribution in [-0.4, -0.2) is 24.1 Å². The van der Waals surface area contributed by atoms with Crippen molar-refractivity contribution in [3.8, 4) is 0 Å². The number of sulfone groups is 1. The van der Waals surface area contributed by atoms with E-state index in [2.05, 4.69) is 10.4 Å². The fraction of sp³-hybridized carbons (Fsp3) is 0.714. The zero-order valence-corrected chi connectivity index (χ0v) is 14.0. The average molecular weight is 313 g/mol. The molecule has 6 nitrogen and oxygen atoms in total. The standard InChI is InChI=1S/C14H23N3O3S/c1-9(2)6-12(18)15-13-10-7-21(19,20)8-11(10)16-17(13)14(3,4)5/h9H,6-8H2,1-5H3,(H,15,18). The molecule has 2 heterocycles. The fourth-order valence-corrected chi connectivity index (χ4v) is 3.90. The molecule has 0 aromatic carbocycles. The summed E-state index contributed by atoms with van der Waals surface area (Å²) in [5.41, 5.74) is 0.876. The Morgan fingerprint density at radius 2 is 1.95 bits per heavy atom. The molecule has 1 aliphatic heterocycles. The van der Waals surface area contributed by atoms with Crippen LogP contribution < -0.4 is 5.32 Å². The summed E-state index contributed by atoms with van der Waals surface area (Å²) in [6.07, 6.45) is 0.400. The predicted molar refractivity (Wildman–Crippen MR) is 81.6 cm³/mol. The zero-order chi connectivity index (χ0) is 16.0. The highest BCUT2D eigenvalue weighted by atomic mass is 32.2. The fourth-order valence-electron chi connectivity index (χ4n) is 2.41. The van der Waals surface area contributed by atoms with E-state index in [1.165, 1.54) is 0 Å². The second-order valence-corrected chi connectivity index (χ2v) is 9.10. The molecular weight excluding hydrogens is 290 g/mol. The summed E-state index contributed by atoms with van der Waals surface area (Å²) in [5, 5.41) is 7.28. The molecule has 0 radical (unpaired) electrons. The van der Waals surface area contributed by atoms with Gasteiger partial charge in [0.25, 0.3) is 0 Å². The number of fused-ring (bicyclic) bond motifs is 1. The van der Waals surface area contributed by atoms with Crippen LogP contribution in [0.5, 0.6) is 0 Å². The molecule has 2 rings (SSSR count). The second-order valence-electron chi connectivity index (χ2n) is 7.03. The lowest BCUT2D eigenvalue weighted by atomic mass is 10.1. The third-order valence-electron chi connectivity index (χ3n) is 3.27. The van der Waals surface area contributed by atoms with Crippen LogP contribution >= 0.6 is 0 Å². The normalized spacial score (nSPS) is 17.0. The lowest BCUT2D eigenvalue weighted by molar-refractivity contribution is -0.116. The molecular formula is C14H23N3O3S. The van der Waals surface area contributed by atoms with Crippen LogP contribution in [0.25, 0.3) is 0 Å². The third-order valence-corrected chi connectivity index (χ3v) is 4.72. The first kappa shape index (κ1) is 16.0. The van der Waals surface area contributed by atoms with Gasteiger partial charge in [-0.25, -0.2) is 13.1 Å². The Bertz CT molecular complexity index is 666. The molecule has 0 spiro atoms. The summed E-state index contributed by atoms with van der Waals surface area (Å²) in [6.45, 7) is 9.86. The van der Waals surface area contributed by atoms with E-state index in [1.807, 2.05) is 34.6 Å². The van der Waals surface area contributed by atoms with Crippen LogP contribution in [0.4, 0.5) is 5.82 Å². The van der Waals surface area contributed by atoms with E-state index in [1.54, 1.807) is 4.68 Å². The van der Waals surface area contributed by atoms with Gasteiger partial charge in [-0.1, -0.05) is 13.8 Å². The van der Waals surface area contributed by atoms with Gasteiger partial charge in [0.05, 0.1) is 22.7 Å². The number of rotatable bonds is 3. The monoisotopic (exact) mass is 313 g/mol. The first-order valence-corrected chi connectivity index (χ1v) is 8.93. The Kier molecular flexibility index (Phi) is 3.90. The van der Waals surface area contributed by atoms with Gasteiger partial charge in [-0.05, 0) is 26.7 Å². The number of aromatic nitrogens is 2. The molecule has 0 unspecified atom stereocenters. The van der Waals surface area contributed by atoms with Crippen molar-refractivity contribution in [2.24, 2.45) is 5.92 Å². The summed E-state index contributed by atoms with van der Waals surface area (Å²) >= 11 is 0. The van der Waals surface area contributed by atoms with Gasteiger partial charge in [0.1, 0.15) is 5.82 Å². The van der Waals surface area contributed by atoms with Crippen LogP contribution in [0.1, 0.15) is 52.3 Å². The third kappa shape index (κ3) is 3.45. The van der Waals surface area contributed by atoms with Crippen molar-refractivity contribution in [3.05, 3.63) is 11.3 Å². The van der Waals surface area contributed by atoms with Crippen LogP contribution in [0, 0.1) is 5.92 Å². The number of hydrogen-bond donors (Lipinski definition) is 1. The Morgan fingerprint density at radius 1 is 1.33 bits per heavy atom. The van der Waals surface area contributed by atoms with Gasteiger partial charge in [0, 0.05) is 12.0 Å². The molecule has 0 atom stereocenters. The molecule has 21 heavy (non-hydrogen) atoms. The molecule has 0 saturated carbocycles. The summed E-state index contributed by atoms with van der Waals surface area (Å²) in [6, 6.07) is 0. The number of nitrogens with one attached hydrogen (secondary N) is 1. The predicted octanol–water partition coefficient (Wildman–Crippen LogP) is 2.05. The average Bonchev–Trinajstić information content (AvgIpc) is 2.70. The number of carbonyl (C=O) groups excluding carboxylic acids is 1. The molecule has 1 amide bonds. The topological polar surface area (TPSA) is 81.1 Å². The number of carbonyl (C=O) groups is 1. The van der Waals surface area contributed by atoms with Crippen molar-refractivity contribution >= 4 is 21.6 Å². The maximum absolute atomic E-state index is 12.1. The molecule has 0 saturated heterocycles. The van der Waals surface area contributed by atoms with Crippen molar-refractivity contribution in [2.45, 2.75) is 58.1 Å². The Balaban J connectivity index is 2.41. The minimum atomic E-state index is -3.13. The summed E-state index contributed by atoms with van der Waals surface area (Å²) in [4.78, 5) is 12.1. The van der Waals surface area contributed by atoms with Crippen molar-refractivity contribution < 1.29 is 13.2 Å². The zero-order valence-electron chi connectivity index (χ0n) is 13.2.